The SMILES string of the molecule is CC1(NC(=O)Cc2cccc(O)c2)CCCCC1. The van der Waals surface area contributed by atoms with Crippen LogP contribution in [0.15, 0.2) is 24.3 Å². The molecule has 1 fully saturated rings. The van der Waals surface area contributed by atoms with E-state index in [4.69, 9.17) is 0 Å². The molecule has 1 saturated carbocycles. The van der Waals surface area contributed by atoms with Crippen molar-refractivity contribution in [3.63, 3.8) is 0 Å². The Morgan fingerprint density at radius 2 is 2.06 bits per heavy atom. The smallest absolute Gasteiger partial charge is 0.224 e. The standard InChI is InChI=1S/C15H21NO2/c1-15(8-3-2-4-9-15)16-14(18)11-12-6-5-7-13(17)10-12/h5-7,10,17H,2-4,8-9,11H2,1H3,(H,16,18). The van der Waals surface area contributed by atoms with Crippen LogP contribution in [0.5, 0.6) is 5.75 Å². The zero-order chi connectivity index (χ0) is 13.0. The number of phenolic OH excluding ortho intramolecular Hbond substituents is 1. The molecule has 0 bridgehead atoms. The van der Waals surface area contributed by atoms with E-state index in [0.29, 0.717) is 6.42 Å². The molecule has 0 heterocycles. The lowest BCUT2D eigenvalue weighted by atomic mass is 9.83. The van der Waals surface area contributed by atoms with Crippen molar-refractivity contribution in [1.29, 1.82) is 0 Å². The van der Waals surface area contributed by atoms with Gasteiger partial charge in [0, 0.05) is 5.54 Å². The summed E-state index contributed by atoms with van der Waals surface area (Å²) in [5, 5.41) is 12.5. The van der Waals surface area contributed by atoms with Crippen molar-refractivity contribution in [2.75, 3.05) is 0 Å². The molecule has 0 aromatic heterocycles. The molecule has 1 amide bonds. The van der Waals surface area contributed by atoms with Crippen LogP contribution in [0.25, 0.3) is 0 Å². The van der Waals surface area contributed by atoms with Crippen LogP contribution < -0.4 is 5.32 Å². The molecule has 3 nitrogen and oxygen atoms in total. The molecule has 1 aromatic rings. The van der Waals surface area contributed by atoms with E-state index in [9.17, 15) is 9.90 Å². The van der Waals surface area contributed by atoms with Crippen LogP contribution in [0.2, 0.25) is 0 Å². The third kappa shape index (κ3) is 3.49. The molecule has 2 N–H and O–H groups in total. The Labute approximate surface area is 108 Å². The molecule has 0 aliphatic heterocycles. The van der Waals surface area contributed by atoms with E-state index < -0.39 is 0 Å². The maximum Gasteiger partial charge on any atom is 0.224 e. The quantitative estimate of drug-likeness (QED) is 0.863. The van der Waals surface area contributed by atoms with Gasteiger partial charge in [-0.2, -0.15) is 0 Å². The normalized spacial score (nSPS) is 18.3. The molecule has 0 radical (unpaired) electrons. The second-order valence-electron chi connectivity index (χ2n) is 5.52. The molecular formula is C15H21NO2. The second kappa shape index (κ2) is 5.42. The number of hydrogen-bond donors (Lipinski definition) is 2. The van der Waals surface area contributed by atoms with Gasteiger partial charge in [0.05, 0.1) is 6.42 Å². The molecule has 0 saturated heterocycles. The van der Waals surface area contributed by atoms with E-state index in [2.05, 4.69) is 12.2 Å². The number of rotatable bonds is 3. The van der Waals surface area contributed by atoms with Crippen molar-refractivity contribution < 1.29 is 9.90 Å². The third-order valence-corrected chi connectivity index (χ3v) is 3.67. The number of amides is 1. The predicted octanol–water partition coefficient (Wildman–Crippen LogP) is 2.77. The first-order valence-electron chi connectivity index (χ1n) is 6.66. The van der Waals surface area contributed by atoms with Gasteiger partial charge < -0.3 is 10.4 Å². The number of carbonyl (C=O) groups excluding carboxylic acids is 1. The fourth-order valence-electron chi connectivity index (χ4n) is 2.69. The van der Waals surface area contributed by atoms with E-state index in [1.165, 1.54) is 19.3 Å². The molecular weight excluding hydrogens is 226 g/mol. The first-order valence-corrected chi connectivity index (χ1v) is 6.66. The van der Waals surface area contributed by atoms with Crippen molar-refractivity contribution in [2.45, 2.75) is 51.0 Å². The Bertz CT molecular complexity index is 422. The van der Waals surface area contributed by atoms with Crippen LogP contribution in [0.1, 0.15) is 44.6 Å². The van der Waals surface area contributed by atoms with E-state index in [-0.39, 0.29) is 17.2 Å². The zero-order valence-corrected chi connectivity index (χ0v) is 10.9. The van der Waals surface area contributed by atoms with E-state index in [1.54, 1.807) is 18.2 Å². The lowest BCUT2D eigenvalue weighted by Gasteiger charge is -2.34. The Hall–Kier alpha value is -1.51. The topological polar surface area (TPSA) is 49.3 Å². The molecule has 0 spiro atoms. The minimum atomic E-state index is -0.0356. The number of phenols is 1. The number of hydrogen-bond acceptors (Lipinski definition) is 2. The van der Waals surface area contributed by atoms with Gasteiger partial charge >= 0.3 is 0 Å². The molecule has 1 aliphatic carbocycles. The highest BCUT2D eigenvalue weighted by molar-refractivity contribution is 5.79. The monoisotopic (exact) mass is 247 g/mol. The maximum atomic E-state index is 12.0. The number of aromatic hydroxyl groups is 1. The van der Waals surface area contributed by atoms with Gasteiger partial charge in [0.15, 0.2) is 0 Å². The fraction of sp³-hybridized carbons (Fsp3) is 0.533. The van der Waals surface area contributed by atoms with Crippen molar-refractivity contribution in [3.8, 4) is 5.75 Å². The van der Waals surface area contributed by atoms with Crippen LogP contribution in [0.3, 0.4) is 0 Å². The summed E-state index contributed by atoms with van der Waals surface area (Å²) >= 11 is 0. The highest BCUT2D eigenvalue weighted by Crippen LogP contribution is 2.27. The average Bonchev–Trinajstić information content (AvgIpc) is 2.28. The van der Waals surface area contributed by atoms with Crippen LogP contribution in [0.4, 0.5) is 0 Å². The molecule has 1 aliphatic rings. The minimum absolute atomic E-state index is 0.0356. The summed E-state index contributed by atoms with van der Waals surface area (Å²) in [7, 11) is 0. The first kappa shape index (κ1) is 12.9. The first-order chi connectivity index (χ1) is 8.57. The Kier molecular flexibility index (Phi) is 3.90. The molecule has 3 heteroatoms. The second-order valence-corrected chi connectivity index (χ2v) is 5.52. The Morgan fingerprint density at radius 3 is 2.72 bits per heavy atom. The van der Waals surface area contributed by atoms with E-state index in [1.807, 2.05) is 6.07 Å². The minimum Gasteiger partial charge on any atom is -0.508 e. The van der Waals surface area contributed by atoms with E-state index >= 15 is 0 Å². The Morgan fingerprint density at radius 1 is 1.33 bits per heavy atom. The van der Waals surface area contributed by atoms with Gasteiger partial charge in [-0.1, -0.05) is 31.4 Å². The average molecular weight is 247 g/mol. The molecule has 1 aromatic carbocycles. The third-order valence-electron chi connectivity index (χ3n) is 3.67. The summed E-state index contributed by atoms with van der Waals surface area (Å²) in [4.78, 5) is 12.0. The molecule has 2 rings (SSSR count). The molecule has 0 unspecified atom stereocenters. The summed E-state index contributed by atoms with van der Waals surface area (Å²) in [5.74, 6) is 0.258. The molecule has 98 valence electrons. The van der Waals surface area contributed by atoms with Crippen molar-refractivity contribution in [3.05, 3.63) is 29.8 Å². The van der Waals surface area contributed by atoms with Crippen molar-refractivity contribution in [1.82, 2.24) is 5.32 Å². The maximum absolute atomic E-state index is 12.0. The largest absolute Gasteiger partial charge is 0.508 e. The lowest BCUT2D eigenvalue weighted by Crippen LogP contribution is -2.47. The Balaban J connectivity index is 1.92. The van der Waals surface area contributed by atoms with Crippen LogP contribution in [-0.4, -0.2) is 16.6 Å². The highest BCUT2D eigenvalue weighted by Gasteiger charge is 2.28. The van der Waals surface area contributed by atoms with Crippen LogP contribution in [0, 0.1) is 0 Å². The number of carbonyl (C=O) groups is 1. The summed E-state index contributed by atoms with van der Waals surface area (Å²) in [5.41, 5.74) is 0.818. The van der Waals surface area contributed by atoms with Gasteiger partial charge in [-0.3, -0.25) is 4.79 Å². The summed E-state index contributed by atoms with van der Waals surface area (Å²) in [6.45, 7) is 2.13. The molecule has 18 heavy (non-hydrogen) atoms. The van der Waals surface area contributed by atoms with Crippen LogP contribution >= 0.6 is 0 Å². The number of nitrogens with one attached hydrogen (secondary N) is 1. The summed E-state index contributed by atoms with van der Waals surface area (Å²) < 4.78 is 0. The summed E-state index contributed by atoms with van der Waals surface area (Å²) in [6, 6.07) is 6.88. The van der Waals surface area contributed by atoms with Gasteiger partial charge in [0.25, 0.3) is 0 Å². The zero-order valence-electron chi connectivity index (χ0n) is 10.9. The van der Waals surface area contributed by atoms with Gasteiger partial charge in [-0.15, -0.1) is 0 Å². The number of benzene rings is 1. The van der Waals surface area contributed by atoms with Gasteiger partial charge in [0.2, 0.25) is 5.91 Å². The fourth-order valence-corrected chi connectivity index (χ4v) is 2.69. The highest BCUT2D eigenvalue weighted by atomic mass is 16.3. The van der Waals surface area contributed by atoms with Crippen molar-refractivity contribution >= 4 is 5.91 Å². The lowest BCUT2D eigenvalue weighted by molar-refractivity contribution is -0.122. The summed E-state index contributed by atoms with van der Waals surface area (Å²) in [6.07, 6.45) is 6.14. The van der Waals surface area contributed by atoms with Crippen LogP contribution in [-0.2, 0) is 11.2 Å². The molecule has 0 atom stereocenters. The van der Waals surface area contributed by atoms with Gasteiger partial charge in [-0.25, -0.2) is 0 Å². The van der Waals surface area contributed by atoms with E-state index in [0.717, 1.165) is 18.4 Å². The van der Waals surface area contributed by atoms with Gasteiger partial charge in [-0.05, 0) is 37.5 Å². The van der Waals surface area contributed by atoms with Crippen molar-refractivity contribution in [2.24, 2.45) is 0 Å². The predicted molar refractivity (Wildman–Crippen MR) is 71.4 cm³/mol. The van der Waals surface area contributed by atoms with Gasteiger partial charge in [0.1, 0.15) is 5.75 Å².